The first kappa shape index (κ1) is 19.7. The summed E-state index contributed by atoms with van der Waals surface area (Å²) in [5.41, 5.74) is 9.70. The van der Waals surface area contributed by atoms with E-state index >= 15 is 0 Å². The number of pyridine rings is 2. The van der Waals surface area contributed by atoms with E-state index < -0.39 is 6.17 Å². The lowest BCUT2D eigenvalue weighted by Gasteiger charge is -2.17. The lowest BCUT2D eigenvalue weighted by molar-refractivity contribution is 0.631. The molecule has 32 heavy (non-hydrogen) atoms. The molecule has 0 spiro atoms. The van der Waals surface area contributed by atoms with Crippen LogP contribution in [0.25, 0.3) is 33.4 Å². The van der Waals surface area contributed by atoms with Gasteiger partial charge in [0.15, 0.2) is 5.82 Å². The second-order valence-corrected chi connectivity index (χ2v) is 7.23. The zero-order valence-electron chi connectivity index (χ0n) is 17.0. The highest BCUT2D eigenvalue weighted by molar-refractivity contribution is 5.93. The number of rotatable bonds is 5. The van der Waals surface area contributed by atoms with Gasteiger partial charge in [-0.05, 0) is 48.0 Å². The number of nitrogens with two attached hydrogens (primary N) is 1. The SMILES string of the molecule is NC(Nc1nc(-c2cccnc2)nc2cc(-c3ccccc3F)ccc12)c1ccccn1. The lowest BCUT2D eigenvalue weighted by Crippen LogP contribution is -2.22. The number of hydrogen-bond donors (Lipinski definition) is 2. The predicted molar refractivity (Wildman–Crippen MR) is 123 cm³/mol. The van der Waals surface area contributed by atoms with Crippen molar-refractivity contribution in [2.75, 3.05) is 5.32 Å². The Morgan fingerprint density at radius 3 is 2.50 bits per heavy atom. The molecule has 0 bridgehead atoms. The van der Waals surface area contributed by atoms with Crippen molar-refractivity contribution in [2.24, 2.45) is 5.73 Å². The second kappa shape index (κ2) is 8.49. The van der Waals surface area contributed by atoms with E-state index in [0.717, 1.165) is 16.5 Å². The molecule has 7 heteroatoms. The highest BCUT2D eigenvalue weighted by atomic mass is 19.1. The molecule has 156 valence electrons. The highest BCUT2D eigenvalue weighted by Crippen LogP contribution is 2.31. The van der Waals surface area contributed by atoms with Crippen LogP contribution in [0.3, 0.4) is 0 Å². The molecule has 5 aromatic rings. The van der Waals surface area contributed by atoms with Crippen molar-refractivity contribution in [3.05, 3.63) is 103 Å². The quantitative estimate of drug-likeness (QED) is 0.389. The van der Waals surface area contributed by atoms with E-state index in [1.807, 2.05) is 54.6 Å². The molecule has 3 heterocycles. The van der Waals surface area contributed by atoms with Crippen LogP contribution in [0.2, 0.25) is 0 Å². The summed E-state index contributed by atoms with van der Waals surface area (Å²) in [6.07, 6.45) is 4.51. The second-order valence-electron chi connectivity index (χ2n) is 7.23. The average molecular weight is 422 g/mol. The fraction of sp³-hybridized carbons (Fsp3) is 0.0400. The summed E-state index contributed by atoms with van der Waals surface area (Å²) in [5.74, 6) is 0.767. The van der Waals surface area contributed by atoms with Crippen molar-refractivity contribution in [2.45, 2.75) is 6.17 Å². The number of benzene rings is 2. The van der Waals surface area contributed by atoms with Crippen molar-refractivity contribution in [1.82, 2.24) is 19.9 Å². The minimum Gasteiger partial charge on any atom is -0.349 e. The molecule has 0 saturated heterocycles. The summed E-state index contributed by atoms with van der Waals surface area (Å²) in [5, 5.41) is 4.02. The molecule has 3 aromatic heterocycles. The molecule has 0 fully saturated rings. The third-order valence-corrected chi connectivity index (χ3v) is 5.10. The Balaban J connectivity index is 1.65. The van der Waals surface area contributed by atoms with E-state index in [1.54, 1.807) is 30.7 Å². The zero-order valence-corrected chi connectivity index (χ0v) is 17.0. The number of hydrogen-bond acceptors (Lipinski definition) is 6. The minimum absolute atomic E-state index is 0.288. The molecule has 1 unspecified atom stereocenters. The average Bonchev–Trinajstić information content (AvgIpc) is 2.85. The van der Waals surface area contributed by atoms with Crippen LogP contribution in [0.4, 0.5) is 10.2 Å². The fourth-order valence-electron chi connectivity index (χ4n) is 3.51. The lowest BCUT2D eigenvalue weighted by atomic mass is 10.0. The van der Waals surface area contributed by atoms with Crippen LogP contribution in [0.5, 0.6) is 0 Å². The Kier molecular flexibility index (Phi) is 5.23. The molecule has 0 aliphatic rings. The summed E-state index contributed by atoms with van der Waals surface area (Å²) in [6, 6.07) is 21.5. The summed E-state index contributed by atoms with van der Waals surface area (Å²) in [7, 11) is 0. The van der Waals surface area contributed by atoms with Crippen LogP contribution in [0.1, 0.15) is 11.9 Å². The van der Waals surface area contributed by atoms with Gasteiger partial charge in [-0.25, -0.2) is 14.4 Å². The van der Waals surface area contributed by atoms with Gasteiger partial charge in [0.1, 0.15) is 17.8 Å². The Morgan fingerprint density at radius 2 is 1.72 bits per heavy atom. The van der Waals surface area contributed by atoms with Crippen LogP contribution in [-0.4, -0.2) is 19.9 Å². The Hall–Kier alpha value is -4.23. The predicted octanol–water partition coefficient (Wildman–Crippen LogP) is 4.96. The van der Waals surface area contributed by atoms with E-state index in [1.165, 1.54) is 6.07 Å². The van der Waals surface area contributed by atoms with Crippen LogP contribution in [-0.2, 0) is 0 Å². The van der Waals surface area contributed by atoms with Gasteiger partial charge in [0.05, 0.1) is 11.2 Å². The van der Waals surface area contributed by atoms with Gasteiger partial charge in [-0.3, -0.25) is 9.97 Å². The van der Waals surface area contributed by atoms with Gasteiger partial charge in [-0.2, -0.15) is 0 Å². The van der Waals surface area contributed by atoms with Crippen LogP contribution >= 0.6 is 0 Å². The van der Waals surface area contributed by atoms with Crippen LogP contribution in [0.15, 0.2) is 91.4 Å². The zero-order chi connectivity index (χ0) is 21.9. The number of fused-ring (bicyclic) bond motifs is 1. The molecular formula is C25H19FN6. The largest absolute Gasteiger partial charge is 0.349 e. The molecule has 2 aromatic carbocycles. The smallest absolute Gasteiger partial charge is 0.163 e. The molecule has 3 N–H and O–H groups in total. The molecule has 0 aliphatic carbocycles. The third kappa shape index (κ3) is 3.89. The van der Waals surface area contributed by atoms with Gasteiger partial charge in [0.25, 0.3) is 0 Å². The van der Waals surface area contributed by atoms with E-state index in [-0.39, 0.29) is 5.82 Å². The van der Waals surface area contributed by atoms with Crippen molar-refractivity contribution in [3.63, 3.8) is 0 Å². The maximum absolute atomic E-state index is 14.4. The molecule has 1 atom stereocenters. The third-order valence-electron chi connectivity index (χ3n) is 5.10. The monoisotopic (exact) mass is 422 g/mol. The van der Waals surface area contributed by atoms with Gasteiger partial charge in [0, 0.05) is 35.1 Å². The van der Waals surface area contributed by atoms with Crippen molar-refractivity contribution in [3.8, 4) is 22.5 Å². The van der Waals surface area contributed by atoms with Gasteiger partial charge in [-0.15, -0.1) is 0 Å². The Labute approximate surface area is 184 Å². The number of halogens is 1. The summed E-state index contributed by atoms with van der Waals surface area (Å²) in [4.78, 5) is 17.9. The van der Waals surface area contributed by atoms with Crippen LogP contribution < -0.4 is 11.1 Å². The molecule has 0 saturated carbocycles. The fourth-order valence-corrected chi connectivity index (χ4v) is 3.51. The molecular weight excluding hydrogens is 403 g/mol. The minimum atomic E-state index is -0.567. The van der Waals surface area contributed by atoms with Crippen molar-refractivity contribution >= 4 is 16.7 Å². The first-order chi connectivity index (χ1) is 15.7. The topological polar surface area (TPSA) is 89.6 Å². The van der Waals surface area contributed by atoms with Gasteiger partial charge >= 0.3 is 0 Å². The van der Waals surface area contributed by atoms with E-state index in [9.17, 15) is 4.39 Å². The molecule has 0 aliphatic heterocycles. The molecule has 0 amide bonds. The number of nitrogens with one attached hydrogen (secondary N) is 1. The van der Waals surface area contributed by atoms with E-state index in [0.29, 0.717) is 28.4 Å². The number of anilines is 1. The number of nitrogens with zero attached hydrogens (tertiary/aromatic N) is 4. The van der Waals surface area contributed by atoms with Crippen molar-refractivity contribution in [1.29, 1.82) is 0 Å². The first-order valence-corrected chi connectivity index (χ1v) is 10.1. The Bertz CT molecular complexity index is 1380. The van der Waals surface area contributed by atoms with E-state index in [4.69, 9.17) is 15.7 Å². The molecule has 5 rings (SSSR count). The van der Waals surface area contributed by atoms with E-state index in [2.05, 4.69) is 15.3 Å². The Morgan fingerprint density at radius 1 is 0.844 bits per heavy atom. The summed E-state index contributed by atoms with van der Waals surface area (Å²) >= 11 is 0. The number of aromatic nitrogens is 4. The molecule has 6 nitrogen and oxygen atoms in total. The normalized spacial score (nSPS) is 11.9. The highest BCUT2D eigenvalue weighted by Gasteiger charge is 2.15. The van der Waals surface area contributed by atoms with Crippen molar-refractivity contribution < 1.29 is 4.39 Å². The maximum Gasteiger partial charge on any atom is 0.163 e. The first-order valence-electron chi connectivity index (χ1n) is 10.1. The maximum atomic E-state index is 14.4. The summed E-state index contributed by atoms with van der Waals surface area (Å²) < 4.78 is 14.4. The summed E-state index contributed by atoms with van der Waals surface area (Å²) in [6.45, 7) is 0. The van der Waals surface area contributed by atoms with Gasteiger partial charge < -0.3 is 11.1 Å². The van der Waals surface area contributed by atoms with Gasteiger partial charge in [0.2, 0.25) is 0 Å². The van der Waals surface area contributed by atoms with Gasteiger partial charge in [-0.1, -0.05) is 30.3 Å². The molecule has 0 radical (unpaired) electrons. The van der Waals surface area contributed by atoms with Crippen LogP contribution in [0, 0.1) is 5.82 Å². The standard InChI is InChI=1S/C25H19FN6/c26-20-8-2-1-7-18(20)16-10-11-19-22(14-16)30-24(17-6-5-12-28-15-17)32-25(19)31-23(27)21-9-3-4-13-29-21/h1-15,23H,27H2,(H,30,31,32).